The molecule has 0 bridgehead atoms. The van der Waals surface area contributed by atoms with E-state index in [1.54, 1.807) is 0 Å². The molecule has 0 aliphatic rings. The van der Waals surface area contributed by atoms with Crippen LogP contribution in [0.2, 0.25) is 0 Å². The van der Waals surface area contributed by atoms with Gasteiger partial charge >= 0.3 is 0 Å². The molecule has 0 saturated heterocycles. The molecule has 0 saturated carbocycles. The maximum atomic E-state index is 3.64. The predicted octanol–water partition coefficient (Wildman–Crippen LogP) is 2.12. The summed E-state index contributed by atoms with van der Waals surface area (Å²) in [7, 11) is 0. The zero-order chi connectivity index (χ0) is 7.82. The van der Waals surface area contributed by atoms with Crippen molar-refractivity contribution in [3.63, 3.8) is 0 Å². The summed E-state index contributed by atoms with van der Waals surface area (Å²) in [4.78, 5) is 0. The maximum Gasteiger partial charge on any atom is 0.0137 e. The van der Waals surface area contributed by atoms with E-state index in [9.17, 15) is 0 Å². The molecule has 0 heterocycles. The van der Waals surface area contributed by atoms with Crippen LogP contribution in [0.1, 0.15) is 20.3 Å². The topological polar surface area (TPSA) is 12.0 Å². The molecule has 0 aromatic rings. The van der Waals surface area contributed by atoms with Crippen molar-refractivity contribution in [2.75, 3.05) is 13.1 Å². The summed E-state index contributed by atoms with van der Waals surface area (Å²) >= 11 is 0. The molecule has 0 unspecified atom stereocenters. The first kappa shape index (κ1) is 9.44. The molecule has 0 radical (unpaired) electrons. The Morgan fingerprint density at radius 1 is 1.50 bits per heavy atom. The standard InChI is InChI=1S/C9H17N/c1-4-5-7-10-8-6-9(2)3/h4,6,10H,1,5,7-8H2,2-3H3. The molecule has 58 valence electrons. The van der Waals surface area contributed by atoms with Gasteiger partial charge in [-0.15, -0.1) is 6.58 Å². The van der Waals surface area contributed by atoms with Gasteiger partial charge in [-0.2, -0.15) is 0 Å². The molecule has 0 fully saturated rings. The predicted molar refractivity (Wildman–Crippen MR) is 47.1 cm³/mol. The smallest absolute Gasteiger partial charge is 0.0137 e. The molecule has 0 amide bonds. The van der Waals surface area contributed by atoms with Gasteiger partial charge in [0.05, 0.1) is 0 Å². The zero-order valence-electron chi connectivity index (χ0n) is 6.98. The van der Waals surface area contributed by atoms with Crippen molar-refractivity contribution >= 4 is 0 Å². The Morgan fingerprint density at radius 2 is 2.20 bits per heavy atom. The highest BCUT2D eigenvalue weighted by atomic mass is 14.8. The average molecular weight is 139 g/mol. The van der Waals surface area contributed by atoms with E-state index in [4.69, 9.17) is 0 Å². The normalized spacial score (nSPS) is 9.00. The van der Waals surface area contributed by atoms with E-state index in [0.717, 1.165) is 19.5 Å². The first-order chi connectivity index (χ1) is 4.77. The van der Waals surface area contributed by atoms with Gasteiger partial charge in [-0.05, 0) is 26.8 Å². The summed E-state index contributed by atoms with van der Waals surface area (Å²) < 4.78 is 0. The minimum atomic E-state index is 0.982. The van der Waals surface area contributed by atoms with E-state index in [1.165, 1.54) is 5.57 Å². The minimum Gasteiger partial charge on any atom is -0.313 e. The second-order valence-corrected chi connectivity index (χ2v) is 2.56. The van der Waals surface area contributed by atoms with Crippen LogP contribution in [0.3, 0.4) is 0 Å². The van der Waals surface area contributed by atoms with E-state index >= 15 is 0 Å². The average Bonchev–Trinajstić information content (AvgIpc) is 1.87. The monoisotopic (exact) mass is 139 g/mol. The highest BCUT2D eigenvalue weighted by Crippen LogP contribution is 1.85. The Hall–Kier alpha value is -0.560. The molecule has 10 heavy (non-hydrogen) atoms. The van der Waals surface area contributed by atoms with Crippen molar-refractivity contribution < 1.29 is 0 Å². The lowest BCUT2D eigenvalue weighted by molar-refractivity contribution is 0.755. The largest absolute Gasteiger partial charge is 0.313 e. The minimum absolute atomic E-state index is 0.982. The summed E-state index contributed by atoms with van der Waals surface area (Å²) in [5, 5.41) is 3.27. The SMILES string of the molecule is C=CCCNCC=C(C)C. The summed E-state index contributed by atoms with van der Waals surface area (Å²) in [5.74, 6) is 0. The first-order valence-electron chi connectivity index (χ1n) is 3.72. The van der Waals surface area contributed by atoms with Gasteiger partial charge in [0, 0.05) is 6.54 Å². The van der Waals surface area contributed by atoms with Crippen LogP contribution in [0.15, 0.2) is 24.3 Å². The van der Waals surface area contributed by atoms with E-state index in [2.05, 4.69) is 31.8 Å². The van der Waals surface area contributed by atoms with Crippen LogP contribution in [0.4, 0.5) is 0 Å². The van der Waals surface area contributed by atoms with Crippen LogP contribution < -0.4 is 5.32 Å². The van der Waals surface area contributed by atoms with Crippen molar-refractivity contribution in [1.29, 1.82) is 0 Å². The number of allylic oxidation sites excluding steroid dienone is 1. The van der Waals surface area contributed by atoms with Crippen LogP contribution in [0.25, 0.3) is 0 Å². The molecule has 0 atom stereocenters. The third-order valence-corrected chi connectivity index (χ3v) is 1.18. The third-order valence-electron chi connectivity index (χ3n) is 1.18. The van der Waals surface area contributed by atoms with Crippen molar-refractivity contribution in [3.8, 4) is 0 Å². The third kappa shape index (κ3) is 7.44. The maximum absolute atomic E-state index is 3.64. The van der Waals surface area contributed by atoms with E-state index in [0.29, 0.717) is 0 Å². The fourth-order valence-corrected chi connectivity index (χ4v) is 0.582. The van der Waals surface area contributed by atoms with E-state index in [1.807, 2.05) is 6.08 Å². The van der Waals surface area contributed by atoms with Crippen molar-refractivity contribution in [1.82, 2.24) is 5.32 Å². The van der Waals surface area contributed by atoms with Gasteiger partial charge in [0.15, 0.2) is 0 Å². The molecule has 1 heteroatoms. The fraction of sp³-hybridized carbons (Fsp3) is 0.556. The van der Waals surface area contributed by atoms with Gasteiger partial charge in [-0.1, -0.05) is 17.7 Å². The molecule has 1 nitrogen and oxygen atoms in total. The zero-order valence-corrected chi connectivity index (χ0v) is 6.98. The summed E-state index contributed by atoms with van der Waals surface area (Å²) in [6.07, 6.45) is 5.16. The van der Waals surface area contributed by atoms with Gasteiger partial charge in [0.1, 0.15) is 0 Å². The Balaban J connectivity index is 3.05. The Bertz CT molecular complexity index is 110. The molecule has 0 spiro atoms. The van der Waals surface area contributed by atoms with Crippen LogP contribution in [0, 0.1) is 0 Å². The Labute approximate surface area is 63.8 Å². The Kier molecular flexibility index (Phi) is 6.19. The number of nitrogens with one attached hydrogen (secondary N) is 1. The second-order valence-electron chi connectivity index (χ2n) is 2.56. The highest BCUT2D eigenvalue weighted by Gasteiger charge is 1.79. The van der Waals surface area contributed by atoms with E-state index in [-0.39, 0.29) is 0 Å². The number of hydrogen-bond donors (Lipinski definition) is 1. The number of hydrogen-bond acceptors (Lipinski definition) is 1. The molecule has 0 aromatic carbocycles. The molecular formula is C9H17N. The van der Waals surface area contributed by atoms with Crippen LogP contribution >= 0.6 is 0 Å². The second kappa shape index (κ2) is 6.56. The van der Waals surface area contributed by atoms with Crippen molar-refractivity contribution in [2.24, 2.45) is 0 Å². The lowest BCUT2D eigenvalue weighted by Gasteiger charge is -1.96. The van der Waals surface area contributed by atoms with Crippen LogP contribution in [-0.2, 0) is 0 Å². The van der Waals surface area contributed by atoms with Crippen LogP contribution in [-0.4, -0.2) is 13.1 Å². The van der Waals surface area contributed by atoms with Crippen molar-refractivity contribution in [3.05, 3.63) is 24.3 Å². The molecular weight excluding hydrogens is 122 g/mol. The molecule has 0 aliphatic heterocycles. The Morgan fingerprint density at radius 3 is 2.70 bits per heavy atom. The summed E-state index contributed by atoms with van der Waals surface area (Å²) in [5.41, 5.74) is 1.37. The summed E-state index contributed by atoms with van der Waals surface area (Å²) in [6, 6.07) is 0. The van der Waals surface area contributed by atoms with Crippen LogP contribution in [0.5, 0.6) is 0 Å². The lowest BCUT2D eigenvalue weighted by Crippen LogP contribution is -2.14. The van der Waals surface area contributed by atoms with Gasteiger partial charge in [0.25, 0.3) is 0 Å². The highest BCUT2D eigenvalue weighted by molar-refractivity contribution is 4.94. The van der Waals surface area contributed by atoms with Gasteiger partial charge in [-0.3, -0.25) is 0 Å². The molecule has 0 aliphatic carbocycles. The first-order valence-corrected chi connectivity index (χ1v) is 3.72. The fourth-order valence-electron chi connectivity index (χ4n) is 0.582. The molecule has 1 N–H and O–H groups in total. The summed E-state index contributed by atoms with van der Waals surface area (Å²) in [6.45, 7) is 9.87. The van der Waals surface area contributed by atoms with Gasteiger partial charge in [0.2, 0.25) is 0 Å². The number of rotatable bonds is 5. The molecule has 0 rings (SSSR count). The molecule has 0 aromatic heterocycles. The lowest BCUT2D eigenvalue weighted by atomic mass is 10.3. The van der Waals surface area contributed by atoms with E-state index < -0.39 is 0 Å². The van der Waals surface area contributed by atoms with Crippen molar-refractivity contribution in [2.45, 2.75) is 20.3 Å². The van der Waals surface area contributed by atoms with Gasteiger partial charge in [-0.25, -0.2) is 0 Å². The quantitative estimate of drug-likeness (QED) is 0.454. The van der Waals surface area contributed by atoms with Gasteiger partial charge < -0.3 is 5.32 Å².